The van der Waals surface area contributed by atoms with E-state index in [1.165, 1.54) is 32.1 Å². The van der Waals surface area contributed by atoms with Crippen molar-refractivity contribution in [3.8, 4) is 0 Å². The van der Waals surface area contributed by atoms with Crippen LogP contribution in [0.1, 0.15) is 58.8 Å². The van der Waals surface area contributed by atoms with Crippen LogP contribution >= 0.6 is 0 Å². The van der Waals surface area contributed by atoms with Crippen LogP contribution in [0.4, 0.5) is 0 Å². The first-order valence-electron chi connectivity index (χ1n) is 8.04. The number of aliphatic hydroxyl groups excluding tert-OH is 1. The molecule has 0 aromatic rings. The van der Waals surface area contributed by atoms with Crippen molar-refractivity contribution in [1.82, 2.24) is 5.32 Å². The van der Waals surface area contributed by atoms with Crippen LogP contribution in [0.2, 0.25) is 0 Å². The Labute approximate surface area is 156 Å². The summed E-state index contributed by atoms with van der Waals surface area (Å²) in [5, 5.41) is 14.1. The first-order valence-corrected chi connectivity index (χ1v) is 8.04. The van der Waals surface area contributed by atoms with Gasteiger partial charge >= 0.3 is 0 Å². The standard InChI is InChI=1S/C16H30NO2.Gd/c1-12(2)17-14(11-13-7-4-3-5-8-13)16(18)15-9-6-10-19-15;/h6,12-18H,3-5,7-11H2,1-2H3;/q-1;. The summed E-state index contributed by atoms with van der Waals surface area (Å²) in [7, 11) is 0. The van der Waals surface area contributed by atoms with Crippen molar-refractivity contribution in [2.24, 2.45) is 5.92 Å². The van der Waals surface area contributed by atoms with Crippen LogP contribution in [-0.4, -0.2) is 36.0 Å². The van der Waals surface area contributed by atoms with Crippen LogP contribution in [0.25, 0.3) is 0 Å². The third-order valence-corrected chi connectivity index (χ3v) is 4.48. The van der Waals surface area contributed by atoms with E-state index in [2.05, 4.69) is 25.6 Å². The van der Waals surface area contributed by atoms with E-state index in [0.29, 0.717) is 12.6 Å². The number of hydrogen-bond donors (Lipinski definition) is 2. The van der Waals surface area contributed by atoms with Gasteiger partial charge in [0.15, 0.2) is 0 Å². The van der Waals surface area contributed by atoms with Crippen molar-refractivity contribution in [3.05, 3.63) is 6.42 Å². The summed E-state index contributed by atoms with van der Waals surface area (Å²) in [4.78, 5) is 0. The summed E-state index contributed by atoms with van der Waals surface area (Å²) in [5.41, 5.74) is 0. The molecule has 2 aliphatic rings. The molecule has 1 saturated heterocycles. The van der Waals surface area contributed by atoms with Crippen LogP contribution in [0.15, 0.2) is 0 Å². The zero-order valence-corrected chi connectivity index (χ0v) is 15.1. The van der Waals surface area contributed by atoms with Crippen molar-refractivity contribution >= 4 is 0 Å². The molecule has 3 atom stereocenters. The minimum absolute atomic E-state index is 0. The minimum atomic E-state index is -0.372. The van der Waals surface area contributed by atoms with Gasteiger partial charge < -0.3 is 21.6 Å². The fourth-order valence-corrected chi connectivity index (χ4v) is 3.51. The third-order valence-electron chi connectivity index (χ3n) is 4.48. The summed E-state index contributed by atoms with van der Waals surface area (Å²) in [5.74, 6) is 0.782. The van der Waals surface area contributed by atoms with E-state index < -0.39 is 0 Å². The van der Waals surface area contributed by atoms with E-state index in [4.69, 9.17) is 4.74 Å². The van der Waals surface area contributed by atoms with Crippen LogP contribution in [-0.2, 0) is 4.74 Å². The summed E-state index contributed by atoms with van der Waals surface area (Å²) < 4.78 is 5.62. The van der Waals surface area contributed by atoms with Gasteiger partial charge in [-0.15, -0.1) is 6.42 Å². The molecule has 2 fully saturated rings. The second-order valence-corrected chi connectivity index (χ2v) is 6.55. The molecular weight excluding hydrogens is 395 g/mol. The molecule has 2 rings (SSSR count). The van der Waals surface area contributed by atoms with Gasteiger partial charge in [0, 0.05) is 52.0 Å². The Hall–Kier alpha value is 1.20. The third kappa shape index (κ3) is 6.14. The Morgan fingerprint density at radius 3 is 2.50 bits per heavy atom. The second kappa shape index (κ2) is 10.1. The molecule has 20 heavy (non-hydrogen) atoms. The zero-order valence-electron chi connectivity index (χ0n) is 12.8. The van der Waals surface area contributed by atoms with Gasteiger partial charge in [0.1, 0.15) is 0 Å². The Morgan fingerprint density at radius 2 is 1.95 bits per heavy atom. The maximum atomic E-state index is 10.6. The number of nitrogens with one attached hydrogen (secondary N) is 1. The van der Waals surface area contributed by atoms with Gasteiger partial charge in [0.05, 0.1) is 12.2 Å². The summed E-state index contributed by atoms with van der Waals surface area (Å²) in [6.07, 6.45) is 10.5. The van der Waals surface area contributed by atoms with Gasteiger partial charge in [-0.1, -0.05) is 52.6 Å². The Balaban J connectivity index is 0.00000200. The summed E-state index contributed by atoms with van der Waals surface area (Å²) in [6.45, 7) is 5.00. The van der Waals surface area contributed by atoms with Crippen molar-refractivity contribution in [2.45, 2.75) is 83.1 Å². The first kappa shape index (κ1) is 19.3. The predicted octanol–water partition coefficient (Wildman–Crippen LogP) is 2.68. The maximum Gasteiger partial charge on any atom is 0.0927 e. The normalized spacial score (nSPS) is 27.3. The topological polar surface area (TPSA) is 41.5 Å². The van der Waals surface area contributed by atoms with Gasteiger partial charge in [-0.05, 0) is 12.3 Å². The molecule has 2 N–H and O–H groups in total. The molecule has 0 aromatic carbocycles. The summed E-state index contributed by atoms with van der Waals surface area (Å²) >= 11 is 0. The fraction of sp³-hybridized carbons (Fsp3) is 0.938. The minimum Gasteiger partial charge on any atom is -0.410 e. The van der Waals surface area contributed by atoms with Gasteiger partial charge in [0.25, 0.3) is 0 Å². The van der Waals surface area contributed by atoms with E-state index in [-0.39, 0.29) is 58.2 Å². The monoisotopic (exact) mass is 426 g/mol. The first-order chi connectivity index (χ1) is 9.16. The van der Waals surface area contributed by atoms with Gasteiger partial charge in [-0.3, -0.25) is 0 Å². The fourth-order valence-electron chi connectivity index (χ4n) is 3.51. The molecule has 3 nitrogen and oxygen atoms in total. The molecule has 120 valence electrons. The second-order valence-electron chi connectivity index (χ2n) is 6.55. The molecule has 1 aliphatic carbocycles. The number of hydrogen-bond acceptors (Lipinski definition) is 3. The van der Waals surface area contributed by atoms with Crippen molar-refractivity contribution in [1.29, 1.82) is 0 Å². The number of rotatable bonds is 6. The van der Waals surface area contributed by atoms with Crippen LogP contribution < -0.4 is 5.32 Å². The Bertz CT molecular complexity index is 251. The van der Waals surface area contributed by atoms with E-state index in [0.717, 1.165) is 18.8 Å². The Morgan fingerprint density at radius 1 is 1.25 bits per heavy atom. The van der Waals surface area contributed by atoms with Crippen LogP contribution in [0.5, 0.6) is 0 Å². The number of ether oxygens (including phenoxy) is 1. The molecule has 0 aromatic heterocycles. The van der Waals surface area contributed by atoms with E-state index >= 15 is 0 Å². The molecule has 3 unspecified atom stereocenters. The SMILES string of the molecule is CC(C)NC(CC1CCCCC1)C(O)C1C[CH-]CO1.[Gd]. The average molecular weight is 426 g/mol. The van der Waals surface area contributed by atoms with E-state index in [1.807, 2.05) is 0 Å². The predicted molar refractivity (Wildman–Crippen MR) is 77.9 cm³/mol. The molecule has 4 heteroatoms. The Kier molecular flexibility index (Phi) is 9.69. The van der Waals surface area contributed by atoms with E-state index in [9.17, 15) is 5.11 Å². The molecule has 0 amide bonds. The average Bonchev–Trinajstić information content (AvgIpc) is 2.91. The molecule has 0 radical (unpaired) electrons. The molecule has 1 heterocycles. The van der Waals surface area contributed by atoms with Gasteiger partial charge in [0.2, 0.25) is 0 Å². The smallest absolute Gasteiger partial charge is 0.0927 e. The van der Waals surface area contributed by atoms with Crippen molar-refractivity contribution in [2.75, 3.05) is 6.61 Å². The van der Waals surface area contributed by atoms with Crippen molar-refractivity contribution in [3.63, 3.8) is 0 Å². The summed E-state index contributed by atoms with van der Waals surface area (Å²) in [6, 6.07) is 0.591. The van der Waals surface area contributed by atoms with Crippen LogP contribution in [0.3, 0.4) is 0 Å². The molecular formula is C16H30GdNO2-. The molecule has 1 aliphatic heterocycles. The molecule has 0 bridgehead atoms. The van der Waals surface area contributed by atoms with Gasteiger partial charge in [-0.2, -0.15) is 0 Å². The number of aliphatic hydroxyl groups is 1. The quantitative estimate of drug-likeness (QED) is 0.643. The van der Waals surface area contributed by atoms with Crippen LogP contribution in [0, 0.1) is 52.3 Å². The van der Waals surface area contributed by atoms with Gasteiger partial charge in [-0.25, -0.2) is 0 Å². The molecule has 1 saturated carbocycles. The molecule has 0 spiro atoms. The largest absolute Gasteiger partial charge is 0.410 e. The van der Waals surface area contributed by atoms with E-state index in [1.54, 1.807) is 0 Å². The van der Waals surface area contributed by atoms with Crippen molar-refractivity contribution < 1.29 is 49.8 Å². The maximum absolute atomic E-state index is 10.6. The zero-order chi connectivity index (χ0) is 13.7.